The first kappa shape index (κ1) is 17.2. The molecule has 1 aromatic rings. The number of esters is 1. The van der Waals surface area contributed by atoms with Gasteiger partial charge in [-0.3, -0.25) is 4.90 Å². The Hall–Kier alpha value is -2.64. The Morgan fingerprint density at radius 2 is 2.00 bits per heavy atom. The molecule has 1 atom stereocenters. The number of carbonyl (C=O) groups excluding carboxylic acids is 2. The summed E-state index contributed by atoms with van der Waals surface area (Å²) in [5, 5.41) is 2.72. The van der Waals surface area contributed by atoms with E-state index in [2.05, 4.69) is 10.1 Å². The summed E-state index contributed by atoms with van der Waals surface area (Å²) < 4.78 is 34.8. The number of carbonyl (C=O) groups is 2. The maximum Gasteiger partial charge on any atom is 0.387 e. The lowest BCUT2D eigenvalue weighted by molar-refractivity contribution is -0.136. The molecular weight excluding hydrogens is 334 g/mol. The van der Waals surface area contributed by atoms with Crippen LogP contribution >= 0.6 is 0 Å². The van der Waals surface area contributed by atoms with Crippen molar-refractivity contribution in [2.45, 2.75) is 38.5 Å². The number of nitrogens with zero attached hydrogens (tertiary/aromatic N) is 1. The fraction of sp³-hybridized carbons (Fsp3) is 0.412. The summed E-state index contributed by atoms with van der Waals surface area (Å²) in [7, 11) is 1.24. The van der Waals surface area contributed by atoms with Gasteiger partial charge in [0, 0.05) is 17.3 Å². The van der Waals surface area contributed by atoms with E-state index in [0.29, 0.717) is 5.70 Å². The summed E-state index contributed by atoms with van der Waals surface area (Å²) in [5.41, 5.74) is 0.945. The molecule has 3 rings (SSSR count). The average molecular weight is 352 g/mol. The second-order valence-electron chi connectivity index (χ2n) is 5.89. The molecule has 1 aliphatic heterocycles. The number of para-hydroxylation sites is 1. The quantitative estimate of drug-likeness (QED) is 0.828. The predicted molar refractivity (Wildman–Crippen MR) is 83.9 cm³/mol. The van der Waals surface area contributed by atoms with Crippen LogP contribution < -0.4 is 10.1 Å². The van der Waals surface area contributed by atoms with Crippen LogP contribution in [0.5, 0.6) is 5.75 Å². The number of rotatable bonds is 5. The van der Waals surface area contributed by atoms with Gasteiger partial charge in [0.1, 0.15) is 5.75 Å². The van der Waals surface area contributed by atoms with E-state index in [4.69, 9.17) is 4.74 Å². The van der Waals surface area contributed by atoms with E-state index in [1.54, 1.807) is 13.0 Å². The first-order valence-corrected chi connectivity index (χ1v) is 7.86. The van der Waals surface area contributed by atoms with Gasteiger partial charge in [-0.15, -0.1) is 0 Å². The second kappa shape index (κ2) is 6.70. The Labute approximate surface area is 143 Å². The van der Waals surface area contributed by atoms with E-state index in [0.717, 1.165) is 12.8 Å². The van der Waals surface area contributed by atoms with Crippen molar-refractivity contribution in [2.24, 2.45) is 0 Å². The third kappa shape index (κ3) is 3.29. The van der Waals surface area contributed by atoms with Crippen LogP contribution in [0.15, 0.2) is 35.5 Å². The molecule has 1 fully saturated rings. The SMILES string of the molecule is COC(=O)C1=C(C)N(C2CC2)C(=O)NC1c1ccccc1OC(F)F. The van der Waals surface area contributed by atoms with E-state index >= 15 is 0 Å². The van der Waals surface area contributed by atoms with Gasteiger partial charge in [-0.2, -0.15) is 8.78 Å². The summed E-state index contributed by atoms with van der Waals surface area (Å²) >= 11 is 0. The zero-order valence-electron chi connectivity index (χ0n) is 13.8. The van der Waals surface area contributed by atoms with Crippen LogP contribution in [0.1, 0.15) is 31.4 Å². The largest absolute Gasteiger partial charge is 0.466 e. The monoisotopic (exact) mass is 352 g/mol. The Kier molecular flexibility index (Phi) is 4.61. The first-order chi connectivity index (χ1) is 11.9. The maximum atomic E-state index is 12.7. The predicted octanol–water partition coefficient (Wildman–Crippen LogP) is 2.96. The van der Waals surface area contributed by atoms with Crippen molar-refractivity contribution in [3.8, 4) is 5.75 Å². The molecule has 1 N–H and O–H groups in total. The Morgan fingerprint density at radius 3 is 2.60 bits per heavy atom. The zero-order valence-corrected chi connectivity index (χ0v) is 13.8. The Morgan fingerprint density at radius 1 is 1.32 bits per heavy atom. The third-order valence-corrected chi connectivity index (χ3v) is 4.29. The molecule has 134 valence electrons. The molecule has 1 aliphatic carbocycles. The lowest BCUT2D eigenvalue weighted by Crippen LogP contribution is -2.48. The van der Waals surface area contributed by atoms with Gasteiger partial charge in [0.25, 0.3) is 0 Å². The van der Waals surface area contributed by atoms with E-state index in [1.165, 1.54) is 30.2 Å². The van der Waals surface area contributed by atoms with Gasteiger partial charge < -0.3 is 14.8 Å². The summed E-state index contributed by atoms with van der Waals surface area (Å²) in [4.78, 5) is 26.4. The van der Waals surface area contributed by atoms with E-state index in [-0.39, 0.29) is 29.0 Å². The van der Waals surface area contributed by atoms with Crippen molar-refractivity contribution in [3.63, 3.8) is 0 Å². The highest BCUT2D eigenvalue weighted by Gasteiger charge is 2.43. The highest BCUT2D eigenvalue weighted by atomic mass is 19.3. The van der Waals surface area contributed by atoms with Gasteiger partial charge >= 0.3 is 18.6 Å². The number of halogens is 2. The van der Waals surface area contributed by atoms with Crippen molar-refractivity contribution in [2.75, 3.05) is 7.11 Å². The molecule has 2 aliphatic rings. The van der Waals surface area contributed by atoms with E-state index in [9.17, 15) is 18.4 Å². The highest BCUT2D eigenvalue weighted by molar-refractivity contribution is 5.95. The standard InChI is InChI=1S/C17H18F2N2O4/c1-9-13(15(22)24-2)14(20-17(23)21(9)10-7-8-10)11-5-3-4-6-12(11)25-16(18)19/h3-6,10,14,16H,7-8H2,1-2H3,(H,20,23). The van der Waals surface area contributed by atoms with Crippen LogP contribution in [0, 0.1) is 0 Å². The van der Waals surface area contributed by atoms with Crippen molar-refractivity contribution in [1.82, 2.24) is 10.2 Å². The smallest absolute Gasteiger partial charge is 0.387 e. The summed E-state index contributed by atoms with van der Waals surface area (Å²) in [5.74, 6) is -0.725. The van der Waals surface area contributed by atoms with Crippen LogP contribution in [0.3, 0.4) is 0 Å². The molecule has 1 aromatic carbocycles. The summed E-state index contributed by atoms with van der Waals surface area (Å²) in [6, 6.07) is 4.81. The fourth-order valence-electron chi connectivity index (χ4n) is 3.06. The maximum absolute atomic E-state index is 12.7. The van der Waals surface area contributed by atoms with Crippen molar-refractivity contribution < 1.29 is 27.8 Å². The summed E-state index contributed by atoms with van der Waals surface area (Å²) in [6.45, 7) is -1.36. The number of hydrogen-bond donors (Lipinski definition) is 1. The van der Waals surface area contributed by atoms with Gasteiger partial charge in [-0.1, -0.05) is 18.2 Å². The molecule has 1 heterocycles. The molecule has 1 unspecified atom stereocenters. The number of benzene rings is 1. The highest BCUT2D eigenvalue weighted by Crippen LogP contribution is 2.40. The molecule has 0 spiro atoms. The Bertz CT molecular complexity index is 731. The molecule has 0 radical (unpaired) electrons. The molecule has 0 aromatic heterocycles. The van der Waals surface area contributed by atoms with Gasteiger partial charge in [-0.25, -0.2) is 9.59 Å². The van der Waals surface area contributed by atoms with Crippen LogP contribution in [0.25, 0.3) is 0 Å². The average Bonchev–Trinajstić information content (AvgIpc) is 3.38. The first-order valence-electron chi connectivity index (χ1n) is 7.86. The van der Waals surface area contributed by atoms with Gasteiger partial charge in [0.2, 0.25) is 0 Å². The van der Waals surface area contributed by atoms with Gasteiger partial charge in [-0.05, 0) is 25.8 Å². The molecule has 1 saturated carbocycles. The molecule has 8 heteroatoms. The van der Waals surface area contributed by atoms with Gasteiger partial charge in [0.05, 0.1) is 18.7 Å². The minimum absolute atomic E-state index is 0.0492. The third-order valence-electron chi connectivity index (χ3n) is 4.29. The number of ether oxygens (including phenoxy) is 2. The van der Waals surface area contributed by atoms with Crippen molar-refractivity contribution in [1.29, 1.82) is 0 Å². The molecule has 0 saturated heterocycles. The number of amides is 2. The number of nitrogens with one attached hydrogen (secondary N) is 1. The van der Waals surface area contributed by atoms with Gasteiger partial charge in [0.15, 0.2) is 0 Å². The minimum atomic E-state index is -3.02. The fourth-order valence-corrected chi connectivity index (χ4v) is 3.06. The Balaban J connectivity index is 2.08. The number of methoxy groups -OCH3 is 1. The lowest BCUT2D eigenvalue weighted by Gasteiger charge is -2.35. The van der Waals surface area contributed by atoms with Crippen LogP contribution in [0.4, 0.5) is 13.6 Å². The molecule has 2 amide bonds. The normalized spacial score (nSPS) is 20.6. The number of alkyl halides is 2. The van der Waals surface area contributed by atoms with Crippen molar-refractivity contribution in [3.05, 3.63) is 41.1 Å². The lowest BCUT2D eigenvalue weighted by atomic mass is 9.94. The topological polar surface area (TPSA) is 67.9 Å². The second-order valence-corrected chi connectivity index (χ2v) is 5.89. The molecule has 25 heavy (non-hydrogen) atoms. The number of urea groups is 1. The van der Waals surface area contributed by atoms with Crippen LogP contribution in [-0.4, -0.2) is 36.7 Å². The van der Waals surface area contributed by atoms with Crippen molar-refractivity contribution >= 4 is 12.0 Å². The van der Waals surface area contributed by atoms with E-state index in [1.807, 2.05) is 0 Å². The molecule has 0 bridgehead atoms. The zero-order chi connectivity index (χ0) is 18.1. The van der Waals surface area contributed by atoms with Crippen LogP contribution in [0.2, 0.25) is 0 Å². The number of hydrogen-bond acceptors (Lipinski definition) is 4. The minimum Gasteiger partial charge on any atom is -0.466 e. The number of allylic oxidation sites excluding steroid dienone is 1. The molecular formula is C17H18F2N2O4. The molecule has 6 nitrogen and oxygen atoms in total. The summed E-state index contributed by atoms with van der Waals surface area (Å²) in [6.07, 6.45) is 1.71. The van der Waals surface area contributed by atoms with E-state index < -0.39 is 18.6 Å². The van der Waals surface area contributed by atoms with Crippen LogP contribution in [-0.2, 0) is 9.53 Å².